The van der Waals surface area contributed by atoms with E-state index >= 15 is 0 Å². The second-order valence-corrected chi connectivity index (χ2v) is 8.30. The molecule has 1 N–H and O–H groups in total. The lowest BCUT2D eigenvalue weighted by Gasteiger charge is -2.30. The lowest BCUT2D eigenvalue weighted by Crippen LogP contribution is -2.37. The van der Waals surface area contributed by atoms with Crippen LogP contribution < -0.4 is 5.32 Å². The molecule has 0 aliphatic carbocycles. The molecular weight excluding hydrogens is 262 g/mol. The zero-order chi connectivity index (χ0) is 16.5. The first-order valence-corrected chi connectivity index (χ1v) is 8.42. The summed E-state index contributed by atoms with van der Waals surface area (Å²) in [5, 5.41) is 3.02. The summed E-state index contributed by atoms with van der Waals surface area (Å²) in [5.74, 6) is 0.847. The van der Waals surface area contributed by atoms with Crippen molar-refractivity contribution in [3.63, 3.8) is 0 Å². The second kappa shape index (κ2) is 9.45. The van der Waals surface area contributed by atoms with Gasteiger partial charge in [0.05, 0.1) is 13.2 Å². The zero-order valence-corrected chi connectivity index (χ0v) is 15.3. The van der Waals surface area contributed by atoms with E-state index in [1.807, 2.05) is 0 Å². The van der Waals surface area contributed by atoms with Crippen LogP contribution in [0.3, 0.4) is 0 Å². The molecule has 0 saturated heterocycles. The Kier molecular flexibility index (Phi) is 9.19. The largest absolute Gasteiger partial charge is 0.380 e. The highest BCUT2D eigenvalue weighted by molar-refractivity contribution is 5.75. The Bertz CT molecular complexity index is 296. The topological polar surface area (TPSA) is 38.3 Å². The van der Waals surface area contributed by atoms with Gasteiger partial charge in [-0.1, -0.05) is 54.9 Å². The highest BCUT2D eigenvalue weighted by atomic mass is 16.5. The van der Waals surface area contributed by atoms with E-state index in [1.54, 1.807) is 0 Å². The summed E-state index contributed by atoms with van der Waals surface area (Å²) in [6.07, 6.45) is 3.83. The van der Waals surface area contributed by atoms with Gasteiger partial charge in [-0.05, 0) is 24.2 Å². The average Bonchev–Trinajstić information content (AvgIpc) is 2.31. The van der Waals surface area contributed by atoms with Gasteiger partial charge >= 0.3 is 0 Å². The Hall–Kier alpha value is -0.570. The van der Waals surface area contributed by atoms with Crippen molar-refractivity contribution < 1.29 is 9.53 Å². The Labute approximate surface area is 132 Å². The van der Waals surface area contributed by atoms with Crippen LogP contribution in [0.1, 0.15) is 74.1 Å². The normalized spacial score (nSPS) is 12.8. The summed E-state index contributed by atoms with van der Waals surface area (Å²) in [4.78, 5) is 11.7. The van der Waals surface area contributed by atoms with Crippen LogP contribution in [0.4, 0.5) is 0 Å². The van der Waals surface area contributed by atoms with Crippen molar-refractivity contribution in [3.05, 3.63) is 0 Å². The van der Waals surface area contributed by atoms with E-state index in [2.05, 4.69) is 53.8 Å². The van der Waals surface area contributed by atoms with E-state index in [4.69, 9.17) is 4.74 Å². The molecule has 3 nitrogen and oxygen atoms in total. The van der Waals surface area contributed by atoms with E-state index in [9.17, 15) is 4.79 Å². The van der Waals surface area contributed by atoms with Crippen LogP contribution in [-0.4, -0.2) is 25.7 Å². The van der Waals surface area contributed by atoms with Crippen molar-refractivity contribution in [2.24, 2.45) is 16.7 Å². The third-order valence-corrected chi connectivity index (χ3v) is 3.47. The SMILES string of the molecule is CCCCC(=O)NCC(C)(C)COCC(C)(C)CC(C)C. The van der Waals surface area contributed by atoms with Crippen molar-refractivity contribution in [2.75, 3.05) is 19.8 Å². The van der Waals surface area contributed by atoms with Gasteiger partial charge in [-0.3, -0.25) is 4.79 Å². The first-order valence-electron chi connectivity index (χ1n) is 8.42. The van der Waals surface area contributed by atoms with Crippen LogP contribution >= 0.6 is 0 Å². The molecule has 1 amide bonds. The molecule has 0 aromatic rings. The van der Waals surface area contributed by atoms with Gasteiger partial charge in [0, 0.05) is 18.4 Å². The Balaban J connectivity index is 3.99. The third kappa shape index (κ3) is 11.7. The minimum Gasteiger partial charge on any atom is -0.380 e. The van der Waals surface area contributed by atoms with Gasteiger partial charge in [0.25, 0.3) is 0 Å². The molecule has 0 spiro atoms. The standard InChI is InChI=1S/C18H37NO2/c1-8-9-10-16(20)19-12-18(6,7)14-21-13-17(4,5)11-15(2)3/h15H,8-14H2,1-7H3,(H,19,20). The van der Waals surface area contributed by atoms with E-state index in [0.29, 0.717) is 25.5 Å². The van der Waals surface area contributed by atoms with E-state index in [-0.39, 0.29) is 16.7 Å². The lowest BCUT2D eigenvalue weighted by molar-refractivity contribution is -0.121. The molecule has 0 fully saturated rings. The lowest BCUT2D eigenvalue weighted by atomic mass is 9.85. The second-order valence-electron chi connectivity index (χ2n) is 8.30. The van der Waals surface area contributed by atoms with Gasteiger partial charge in [0.15, 0.2) is 0 Å². The fourth-order valence-electron chi connectivity index (χ4n) is 2.58. The van der Waals surface area contributed by atoms with Gasteiger partial charge < -0.3 is 10.1 Å². The van der Waals surface area contributed by atoms with Crippen LogP contribution in [0.25, 0.3) is 0 Å². The Morgan fingerprint density at radius 3 is 2.19 bits per heavy atom. The first-order chi connectivity index (χ1) is 9.58. The number of nitrogens with one attached hydrogen (secondary N) is 1. The van der Waals surface area contributed by atoms with Crippen molar-refractivity contribution >= 4 is 5.91 Å². The fraction of sp³-hybridized carbons (Fsp3) is 0.944. The molecule has 0 rings (SSSR count). The summed E-state index contributed by atoms with van der Waals surface area (Å²) in [6, 6.07) is 0. The molecular formula is C18H37NO2. The highest BCUT2D eigenvalue weighted by Crippen LogP contribution is 2.26. The van der Waals surface area contributed by atoms with Crippen LogP contribution in [0.5, 0.6) is 0 Å². The van der Waals surface area contributed by atoms with Gasteiger partial charge in [-0.25, -0.2) is 0 Å². The maximum atomic E-state index is 11.7. The number of hydrogen-bond acceptors (Lipinski definition) is 2. The molecule has 0 atom stereocenters. The van der Waals surface area contributed by atoms with E-state index in [1.165, 1.54) is 6.42 Å². The monoisotopic (exact) mass is 299 g/mol. The average molecular weight is 299 g/mol. The summed E-state index contributed by atoms with van der Waals surface area (Å²) in [6.45, 7) is 17.5. The molecule has 3 heteroatoms. The number of carbonyl (C=O) groups excluding carboxylic acids is 1. The summed E-state index contributed by atoms with van der Waals surface area (Å²) >= 11 is 0. The minimum absolute atomic E-state index is 0.0181. The molecule has 0 heterocycles. The smallest absolute Gasteiger partial charge is 0.220 e. The van der Waals surface area contributed by atoms with Gasteiger partial charge in [-0.15, -0.1) is 0 Å². The molecule has 0 aliphatic heterocycles. The number of ether oxygens (including phenoxy) is 1. The van der Waals surface area contributed by atoms with Crippen molar-refractivity contribution in [1.29, 1.82) is 0 Å². The maximum Gasteiger partial charge on any atom is 0.220 e. The summed E-state index contributed by atoms with van der Waals surface area (Å²) < 4.78 is 5.93. The minimum atomic E-state index is -0.0181. The first kappa shape index (κ1) is 20.4. The molecule has 0 radical (unpaired) electrons. The predicted octanol–water partition coefficient (Wildman–Crippen LogP) is 4.41. The summed E-state index contributed by atoms with van der Waals surface area (Å²) in [5.41, 5.74) is 0.199. The van der Waals surface area contributed by atoms with E-state index < -0.39 is 0 Å². The molecule has 0 aliphatic rings. The molecule has 0 saturated carbocycles. The van der Waals surface area contributed by atoms with Crippen molar-refractivity contribution in [3.8, 4) is 0 Å². The number of carbonyl (C=O) groups is 1. The van der Waals surface area contributed by atoms with E-state index in [0.717, 1.165) is 19.4 Å². The zero-order valence-electron chi connectivity index (χ0n) is 15.3. The summed E-state index contributed by atoms with van der Waals surface area (Å²) in [7, 11) is 0. The predicted molar refractivity (Wildman–Crippen MR) is 90.4 cm³/mol. The highest BCUT2D eigenvalue weighted by Gasteiger charge is 2.23. The Morgan fingerprint density at radius 2 is 1.67 bits per heavy atom. The van der Waals surface area contributed by atoms with Gasteiger partial charge in [0.2, 0.25) is 5.91 Å². The van der Waals surface area contributed by atoms with Crippen molar-refractivity contribution in [2.45, 2.75) is 74.1 Å². The Morgan fingerprint density at radius 1 is 1.10 bits per heavy atom. The van der Waals surface area contributed by atoms with Crippen LogP contribution in [0.15, 0.2) is 0 Å². The number of rotatable bonds is 11. The molecule has 21 heavy (non-hydrogen) atoms. The molecule has 0 aromatic heterocycles. The fourth-order valence-corrected chi connectivity index (χ4v) is 2.58. The van der Waals surface area contributed by atoms with Crippen LogP contribution in [0, 0.1) is 16.7 Å². The maximum absolute atomic E-state index is 11.7. The van der Waals surface area contributed by atoms with Gasteiger partial charge in [-0.2, -0.15) is 0 Å². The molecule has 0 aromatic carbocycles. The van der Waals surface area contributed by atoms with Crippen LogP contribution in [-0.2, 0) is 9.53 Å². The number of unbranched alkanes of at least 4 members (excludes halogenated alkanes) is 1. The van der Waals surface area contributed by atoms with Crippen LogP contribution in [0.2, 0.25) is 0 Å². The molecule has 0 bridgehead atoms. The van der Waals surface area contributed by atoms with Crippen molar-refractivity contribution in [1.82, 2.24) is 5.32 Å². The quantitative estimate of drug-likeness (QED) is 0.614. The molecule has 0 unspecified atom stereocenters. The molecule has 126 valence electrons. The third-order valence-electron chi connectivity index (χ3n) is 3.47. The number of amides is 1. The number of hydrogen-bond donors (Lipinski definition) is 1. The van der Waals surface area contributed by atoms with Gasteiger partial charge in [0.1, 0.15) is 0 Å².